The summed E-state index contributed by atoms with van der Waals surface area (Å²) >= 11 is 8.91. The van der Waals surface area contributed by atoms with E-state index in [1.165, 1.54) is 6.07 Å². The van der Waals surface area contributed by atoms with Crippen molar-refractivity contribution in [3.8, 4) is 0 Å². The second kappa shape index (κ2) is 5.63. The maximum Gasteiger partial charge on any atom is 0.337 e. The zero-order valence-corrected chi connectivity index (χ0v) is 13.7. The second-order valence-electron chi connectivity index (χ2n) is 4.97. The van der Waals surface area contributed by atoms with Crippen LogP contribution in [0, 0.1) is 5.92 Å². The Kier molecular flexibility index (Phi) is 4.44. The fourth-order valence-electron chi connectivity index (χ4n) is 2.16. The minimum absolute atomic E-state index is 0.0197. The van der Waals surface area contributed by atoms with Gasteiger partial charge in [0.25, 0.3) is 0 Å². The molecule has 1 aromatic carbocycles. The topological polar surface area (TPSA) is 83.5 Å². The van der Waals surface area contributed by atoms with Gasteiger partial charge in [-0.15, -0.1) is 0 Å². The summed E-state index contributed by atoms with van der Waals surface area (Å²) in [7, 11) is -3.74. The molecular formula is C12H13BrClNO4S. The third-order valence-corrected chi connectivity index (χ3v) is 6.00. The molecule has 0 aromatic heterocycles. The van der Waals surface area contributed by atoms with E-state index >= 15 is 0 Å². The van der Waals surface area contributed by atoms with Crippen molar-refractivity contribution < 1.29 is 18.3 Å². The molecule has 1 aliphatic carbocycles. The van der Waals surface area contributed by atoms with Crippen LogP contribution in [0.4, 0.5) is 0 Å². The molecular weight excluding hydrogens is 370 g/mol. The van der Waals surface area contributed by atoms with Crippen LogP contribution in [-0.4, -0.2) is 25.5 Å². The Balaban J connectivity index is 2.34. The van der Waals surface area contributed by atoms with Crippen LogP contribution in [0.2, 0.25) is 5.02 Å². The van der Waals surface area contributed by atoms with E-state index in [2.05, 4.69) is 20.7 Å². The third kappa shape index (κ3) is 3.16. The van der Waals surface area contributed by atoms with E-state index in [1.807, 2.05) is 6.92 Å². The lowest BCUT2D eigenvalue weighted by molar-refractivity contribution is 0.0696. The van der Waals surface area contributed by atoms with Gasteiger partial charge in [-0.1, -0.05) is 18.5 Å². The van der Waals surface area contributed by atoms with Crippen molar-refractivity contribution in [2.75, 3.05) is 0 Å². The first kappa shape index (κ1) is 15.8. The molecule has 0 aliphatic heterocycles. The molecule has 2 N–H and O–H groups in total. The summed E-state index contributed by atoms with van der Waals surface area (Å²) < 4.78 is 27.2. The molecule has 0 radical (unpaired) electrons. The number of carbonyl (C=O) groups is 1. The average Bonchev–Trinajstić information content (AvgIpc) is 2.29. The summed E-state index contributed by atoms with van der Waals surface area (Å²) in [5.41, 5.74) is -0.247. The lowest BCUT2D eigenvalue weighted by atomic mass is 9.83. The number of nitrogens with one attached hydrogen (secondary N) is 1. The largest absolute Gasteiger partial charge is 0.478 e. The van der Waals surface area contributed by atoms with E-state index in [0.29, 0.717) is 5.92 Å². The lowest BCUT2D eigenvalue weighted by Gasteiger charge is -2.32. The van der Waals surface area contributed by atoms with Crippen LogP contribution in [0.3, 0.4) is 0 Å². The molecule has 0 spiro atoms. The number of aromatic carboxylic acids is 1. The van der Waals surface area contributed by atoms with E-state index in [1.54, 1.807) is 0 Å². The first-order chi connectivity index (χ1) is 9.20. The lowest BCUT2D eigenvalue weighted by Crippen LogP contribution is -2.43. The van der Waals surface area contributed by atoms with Crippen molar-refractivity contribution in [1.82, 2.24) is 4.72 Å². The normalized spacial score (nSPS) is 22.4. The van der Waals surface area contributed by atoms with E-state index < -0.39 is 16.0 Å². The Bertz CT molecular complexity index is 656. The van der Waals surface area contributed by atoms with Crippen LogP contribution in [0.1, 0.15) is 30.1 Å². The molecule has 1 aliphatic rings. The summed E-state index contributed by atoms with van der Waals surface area (Å²) in [4.78, 5) is 11.0. The molecule has 0 unspecified atom stereocenters. The van der Waals surface area contributed by atoms with Gasteiger partial charge in [0.05, 0.1) is 15.5 Å². The highest BCUT2D eigenvalue weighted by Gasteiger charge is 2.30. The van der Waals surface area contributed by atoms with Crippen molar-refractivity contribution in [1.29, 1.82) is 0 Å². The van der Waals surface area contributed by atoms with Gasteiger partial charge < -0.3 is 5.11 Å². The number of sulfonamides is 1. The molecule has 0 bridgehead atoms. The molecule has 8 heteroatoms. The fourth-order valence-corrected chi connectivity index (χ4v) is 4.28. The minimum Gasteiger partial charge on any atom is -0.478 e. The first-order valence-corrected chi connectivity index (χ1v) is 8.61. The molecule has 0 atom stereocenters. The Morgan fingerprint density at radius 1 is 1.45 bits per heavy atom. The van der Waals surface area contributed by atoms with E-state index in [4.69, 9.17) is 16.7 Å². The molecule has 110 valence electrons. The van der Waals surface area contributed by atoms with Crippen LogP contribution in [0.15, 0.2) is 21.5 Å². The Morgan fingerprint density at radius 3 is 2.55 bits per heavy atom. The number of hydrogen-bond acceptors (Lipinski definition) is 3. The van der Waals surface area contributed by atoms with Gasteiger partial charge in [0.1, 0.15) is 0 Å². The number of halogens is 2. The Labute approximate surface area is 130 Å². The number of hydrogen-bond donors (Lipinski definition) is 2. The highest BCUT2D eigenvalue weighted by molar-refractivity contribution is 9.10. The molecule has 0 saturated heterocycles. The number of rotatable bonds is 4. The van der Waals surface area contributed by atoms with E-state index in [-0.39, 0.29) is 26.0 Å². The van der Waals surface area contributed by atoms with Crippen molar-refractivity contribution in [2.45, 2.75) is 30.7 Å². The molecule has 2 rings (SSSR count). The van der Waals surface area contributed by atoms with Crippen molar-refractivity contribution in [3.05, 3.63) is 27.2 Å². The van der Waals surface area contributed by atoms with Gasteiger partial charge in [-0.25, -0.2) is 17.9 Å². The highest BCUT2D eigenvalue weighted by Crippen LogP contribution is 2.31. The van der Waals surface area contributed by atoms with Gasteiger partial charge in [0.2, 0.25) is 10.0 Å². The fraction of sp³-hybridized carbons (Fsp3) is 0.417. The zero-order valence-electron chi connectivity index (χ0n) is 10.6. The third-order valence-electron chi connectivity index (χ3n) is 3.24. The van der Waals surface area contributed by atoms with Gasteiger partial charge in [0.15, 0.2) is 0 Å². The zero-order chi connectivity index (χ0) is 15.1. The van der Waals surface area contributed by atoms with Crippen LogP contribution in [0.25, 0.3) is 0 Å². The number of carboxylic acids is 1. The summed E-state index contributed by atoms with van der Waals surface area (Å²) in [6.07, 6.45) is 1.58. The monoisotopic (exact) mass is 381 g/mol. The molecule has 1 fully saturated rings. The van der Waals surface area contributed by atoms with Crippen LogP contribution >= 0.6 is 27.5 Å². The van der Waals surface area contributed by atoms with Crippen LogP contribution in [0.5, 0.6) is 0 Å². The summed E-state index contributed by atoms with van der Waals surface area (Å²) in [6.45, 7) is 2.05. The average molecular weight is 383 g/mol. The number of benzene rings is 1. The number of carboxylic acid groups (broad SMARTS) is 1. The van der Waals surface area contributed by atoms with Crippen molar-refractivity contribution >= 4 is 43.5 Å². The predicted octanol–water partition coefficient (Wildman–Crippen LogP) is 2.88. The smallest absolute Gasteiger partial charge is 0.337 e. The van der Waals surface area contributed by atoms with E-state index in [0.717, 1.165) is 18.9 Å². The molecule has 1 aromatic rings. The molecule has 0 amide bonds. The highest BCUT2D eigenvalue weighted by atomic mass is 79.9. The maximum absolute atomic E-state index is 12.2. The van der Waals surface area contributed by atoms with E-state index in [9.17, 15) is 13.2 Å². The Morgan fingerprint density at radius 2 is 2.05 bits per heavy atom. The van der Waals surface area contributed by atoms with Crippen LogP contribution in [-0.2, 0) is 10.0 Å². The predicted molar refractivity (Wildman–Crippen MR) is 78.6 cm³/mol. The molecule has 5 nitrogen and oxygen atoms in total. The van der Waals surface area contributed by atoms with Gasteiger partial charge in [0, 0.05) is 10.5 Å². The molecule has 20 heavy (non-hydrogen) atoms. The first-order valence-electron chi connectivity index (χ1n) is 5.95. The van der Waals surface area contributed by atoms with Gasteiger partial charge >= 0.3 is 5.97 Å². The van der Waals surface area contributed by atoms with Crippen molar-refractivity contribution in [3.63, 3.8) is 0 Å². The maximum atomic E-state index is 12.2. The minimum atomic E-state index is -3.74. The van der Waals surface area contributed by atoms with Gasteiger partial charge in [-0.05, 0) is 46.8 Å². The molecule has 0 heterocycles. The summed E-state index contributed by atoms with van der Waals surface area (Å²) in [6, 6.07) is 2.29. The van der Waals surface area contributed by atoms with Crippen molar-refractivity contribution in [2.24, 2.45) is 5.92 Å². The Hall–Kier alpha value is -0.630. The summed E-state index contributed by atoms with van der Waals surface area (Å²) in [5.74, 6) is -0.765. The van der Waals surface area contributed by atoms with Gasteiger partial charge in [-0.2, -0.15) is 0 Å². The van der Waals surface area contributed by atoms with Crippen LogP contribution < -0.4 is 4.72 Å². The summed E-state index contributed by atoms with van der Waals surface area (Å²) in [5, 5.41) is 9.01. The standard InChI is InChI=1S/C12H13BrClNO4S/c1-6-2-7(3-6)15-20(18,19)8-4-9(12(16)17)11(14)10(13)5-8/h4-7,15H,2-3H2,1H3,(H,16,17). The van der Waals surface area contributed by atoms with Gasteiger partial charge in [-0.3, -0.25) is 0 Å². The molecule has 1 saturated carbocycles. The quantitative estimate of drug-likeness (QED) is 0.838. The second-order valence-corrected chi connectivity index (χ2v) is 7.91. The SMILES string of the molecule is CC1CC(NS(=O)(=O)c2cc(Br)c(Cl)c(C(=O)O)c2)C1.